The Morgan fingerprint density at radius 2 is 1.29 bits per heavy atom. The van der Waals surface area contributed by atoms with Gasteiger partial charge in [0.1, 0.15) is 0 Å². The van der Waals surface area contributed by atoms with Gasteiger partial charge < -0.3 is 16.0 Å². The Balaban J connectivity index is 2.29. The van der Waals surface area contributed by atoms with E-state index in [1.54, 1.807) is 0 Å². The lowest BCUT2D eigenvalue weighted by Gasteiger charge is -2.11. The molecule has 0 fully saturated rings. The standard InChI is InChI=1S/C19H21N3O2/c1-11(2)22-16-5-3-12(9-18(20)23)7-14(16)15-8-13(10-19(21)24)4-6-17(15)22/h3-8,11H,9-10H2,1-2H3,(H2,20,23)(H2,21,24). The summed E-state index contributed by atoms with van der Waals surface area (Å²) in [5.41, 5.74) is 14.6. The van der Waals surface area contributed by atoms with E-state index in [0.29, 0.717) is 0 Å². The highest BCUT2D eigenvalue weighted by Crippen LogP contribution is 2.33. The van der Waals surface area contributed by atoms with Crippen LogP contribution in [0.15, 0.2) is 36.4 Å². The van der Waals surface area contributed by atoms with Crippen LogP contribution in [0.4, 0.5) is 0 Å². The molecule has 1 heterocycles. The third-order valence-electron chi connectivity index (χ3n) is 4.20. The fourth-order valence-corrected chi connectivity index (χ4v) is 3.33. The number of aromatic nitrogens is 1. The minimum absolute atomic E-state index is 0.214. The molecule has 5 nitrogen and oxygen atoms in total. The van der Waals surface area contributed by atoms with Crippen molar-refractivity contribution < 1.29 is 9.59 Å². The van der Waals surface area contributed by atoms with Gasteiger partial charge >= 0.3 is 0 Å². The Kier molecular flexibility index (Phi) is 4.01. The summed E-state index contributed by atoms with van der Waals surface area (Å²) in [4.78, 5) is 22.4. The van der Waals surface area contributed by atoms with E-state index in [-0.39, 0.29) is 30.7 Å². The fourth-order valence-electron chi connectivity index (χ4n) is 3.33. The van der Waals surface area contributed by atoms with Gasteiger partial charge in [-0.2, -0.15) is 0 Å². The zero-order valence-electron chi connectivity index (χ0n) is 13.9. The molecule has 2 aromatic carbocycles. The van der Waals surface area contributed by atoms with E-state index in [2.05, 4.69) is 18.4 Å². The van der Waals surface area contributed by atoms with E-state index in [1.807, 2.05) is 36.4 Å². The third-order valence-corrected chi connectivity index (χ3v) is 4.20. The molecule has 0 bridgehead atoms. The van der Waals surface area contributed by atoms with Crippen LogP contribution < -0.4 is 11.5 Å². The van der Waals surface area contributed by atoms with Crippen molar-refractivity contribution in [2.75, 3.05) is 0 Å². The van der Waals surface area contributed by atoms with Crippen LogP contribution in [0.5, 0.6) is 0 Å². The monoisotopic (exact) mass is 323 g/mol. The van der Waals surface area contributed by atoms with Crippen LogP contribution in [0, 0.1) is 0 Å². The number of hydrogen-bond donors (Lipinski definition) is 2. The molecule has 0 aliphatic carbocycles. The molecule has 0 aliphatic rings. The molecule has 124 valence electrons. The maximum atomic E-state index is 11.2. The second kappa shape index (κ2) is 6.00. The van der Waals surface area contributed by atoms with Crippen LogP contribution in [0.2, 0.25) is 0 Å². The van der Waals surface area contributed by atoms with Gasteiger partial charge in [-0.1, -0.05) is 12.1 Å². The normalized spacial score (nSPS) is 11.5. The molecule has 0 saturated heterocycles. The molecule has 3 aromatic rings. The average molecular weight is 323 g/mol. The van der Waals surface area contributed by atoms with Crippen LogP contribution in [0.1, 0.15) is 31.0 Å². The predicted molar refractivity (Wildman–Crippen MR) is 95.6 cm³/mol. The Labute approximate surface area is 140 Å². The fraction of sp³-hybridized carbons (Fsp3) is 0.263. The first-order valence-corrected chi connectivity index (χ1v) is 7.99. The van der Waals surface area contributed by atoms with Crippen molar-refractivity contribution in [1.29, 1.82) is 0 Å². The van der Waals surface area contributed by atoms with E-state index < -0.39 is 0 Å². The van der Waals surface area contributed by atoms with Gasteiger partial charge in [0.2, 0.25) is 11.8 Å². The molecule has 0 unspecified atom stereocenters. The minimum atomic E-state index is -0.351. The van der Waals surface area contributed by atoms with Gasteiger partial charge in [-0.3, -0.25) is 9.59 Å². The Morgan fingerprint density at radius 3 is 1.62 bits per heavy atom. The molecule has 1 aromatic heterocycles. The second-order valence-electron chi connectivity index (χ2n) is 6.45. The van der Waals surface area contributed by atoms with E-state index in [0.717, 1.165) is 32.9 Å². The number of benzene rings is 2. The largest absolute Gasteiger partial charge is 0.369 e. The number of carbonyl (C=O) groups excluding carboxylic acids is 2. The number of hydrogen-bond acceptors (Lipinski definition) is 2. The predicted octanol–water partition coefficient (Wildman–Crippen LogP) is 2.43. The van der Waals surface area contributed by atoms with Crippen LogP contribution in [0.25, 0.3) is 21.8 Å². The highest BCUT2D eigenvalue weighted by molar-refractivity contribution is 6.09. The van der Waals surface area contributed by atoms with Gasteiger partial charge in [0.25, 0.3) is 0 Å². The second-order valence-corrected chi connectivity index (χ2v) is 6.45. The summed E-state index contributed by atoms with van der Waals surface area (Å²) in [6.07, 6.45) is 0.427. The van der Waals surface area contributed by atoms with Crippen LogP contribution in [-0.2, 0) is 22.4 Å². The van der Waals surface area contributed by atoms with Gasteiger partial charge in [-0.15, -0.1) is 0 Å². The lowest BCUT2D eigenvalue weighted by Crippen LogP contribution is -2.13. The SMILES string of the molecule is CC(C)n1c2ccc(CC(N)=O)cc2c2cc(CC(N)=O)ccc21. The van der Waals surface area contributed by atoms with Gasteiger partial charge in [0, 0.05) is 27.8 Å². The molecule has 0 saturated carbocycles. The summed E-state index contributed by atoms with van der Waals surface area (Å²) in [5, 5.41) is 2.12. The van der Waals surface area contributed by atoms with Crippen molar-refractivity contribution >= 4 is 33.6 Å². The average Bonchev–Trinajstić information content (AvgIpc) is 2.79. The van der Waals surface area contributed by atoms with Crippen molar-refractivity contribution in [3.05, 3.63) is 47.5 Å². The molecule has 5 heteroatoms. The number of primary amides is 2. The summed E-state index contributed by atoms with van der Waals surface area (Å²) in [7, 11) is 0. The summed E-state index contributed by atoms with van der Waals surface area (Å²) < 4.78 is 2.26. The number of fused-ring (bicyclic) bond motifs is 3. The maximum Gasteiger partial charge on any atom is 0.221 e. The van der Waals surface area contributed by atoms with Crippen LogP contribution >= 0.6 is 0 Å². The van der Waals surface area contributed by atoms with Crippen molar-refractivity contribution in [2.45, 2.75) is 32.7 Å². The smallest absolute Gasteiger partial charge is 0.221 e. The Hall–Kier alpha value is -2.82. The molecular formula is C19H21N3O2. The summed E-state index contributed by atoms with van der Waals surface area (Å²) in [6, 6.07) is 12.2. The van der Waals surface area contributed by atoms with E-state index in [4.69, 9.17) is 11.5 Å². The molecule has 0 aliphatic heterocycles. The lowest BCUT2D eigenvalue weighted by molar-refractivity contribution is -0.118. The molecule has 3 rings (SSSR count). The molecular weight excluding hydrogens is 302 g/mol. The van der Waals surface area contributed by atoms with E-state index >= 15 is 0 Å². The lowest BCUT2D eigenvalue weighted by atomic mass is 10.0. The Morgan fingerprint density at radius 1 is 0.875 bits per heavy atom. The highest BCUT2D eigenvalue weighted by atomic mass is 16.1. The molecule has 4 N–H and O–H groups in total. The quantitative estimate of drug-likeness (QED) is 0.755. The van der Waals surface area contributed by atoms with E-state index in [9.17, 15) is 9.59 Å². The van der Waals surface area contributed by atoms with Gasteiger partial charge in [-0.05, 0) is 49.2 Å². The van der Waals surface area contributed by atoms with Crippen LogP contribution in [0.3, 0.4) is 0 Å². The van der Waals surface area contributed by atoms with Crippen molar-refractivity contribution in [1.82, 2.24) is 4.57 Å². The number of nitrogens with zero attached hydrogens (tertiary/aromatic N) is 1. The molecule has 0 atom stereocenters. The summed E-state index contributed by atoms with van der Waals surface area (Å²) in [5.74, 6) is -0.701. The number of amides is 2. The van der Waals surface area contributed by atoms with Crippen molar-refractivity contribution in [2.24, 2.45) is 11.5 Å². The molecule has 2 amide bonds. The van der Waals surface area contributed by atoms with Crippen molar-refractivity contribution in [3.63, 3.8) is 0 Å². The first kappa shape index (κ1) is 16.1. The Bertz CT molecular complexity index is 881. The molecule has 0 radical (unpaired) electrons. The molecule has 24 heavy (non-hydrogen) atoms. The van der Waals surface area contributed by atoms with E-state index in [1.165, 1.54) is 0 Å². The zero-order valence-corrected chi connectivity index (χ0v) is 13.9. The first-order chi connectivity index (χ1) is 11.4. The topological polar surface area (TPSA) is 91.1 Å². The molecule has 0 spiro atoms. The summed E-state index contributed by atoms with van der Waals surface area (Å²) >= 11 is 0. The summed E-state index contributed by atoms with van der Waals surface area (Å²) in [6.45, 7) is 4.26. The third kappa shape index (κ3) is 2.85. The van der Waals surface area contributed by atoms with Crippen molar-refractivity contribution in [3.8, 4) is 0 Å². The number of carbonyl (C=O) groups is 2. The zero-order chi connectivity index (χ0) is 17.4. The van der Waals surface area contributed by atoms with Gasteiger partial charge in [0.15, 0.2) is 0 Å². The van der Waals surface area contributed by atoms with Gasteiger partial charge in [-0.25, -0.2) is 0 Å². The van der Waals surface area contributed by atoms with Crippen LogP contribution in [-0.4, -0.2) is 16.4 Å². The van der Waals surface area contributed by atoms with Gasteiger partial charge in [0.05, 0.1) is 12.8 Å². The minimum Gasteiger partial charge on any atom is -0.369 e. The first-order valence-electron chi connectivity index (χ1n) is 7.99. The number of nitrogens with two attached hydrogens (primary N) is 2. The maximum absolute atomic E-state index is 11.2. The highest BCUT2D eigenvalue weighted by Gasteiger charge is 2.14. The number of rotatable bonds is 5.